The molecule has 0 heterocycles. The van der Waals surface area contributed by atoms with Gasteiger partial charge in [0.1, 0.15) is 5.82 Å². The molecule has 1 nitrogen and oxygen atoms in total. The number of ketones is 1. The van der Waals surface area contributed by atoms with Crippen LogP contribution < -0.4 is 0 Å². The van der Waals surface area contributed by atoms with Crippen LogP contribution >= 0.6 is 0 Å². The van der Waals surface area contributed by atoms with Gasteiger partial charge in [-0.2, -0.15) is 13.2 Å². The number of hydrogen-bond donors (Lipinski definition) is 0. The van der Waals surface area contributed by atoms with Crippen molar-refractivity contribution in [3.05, 3.63) is 71.0 Å². The van der Waals surface area contributed by atoms with Crippen LogP contribution in [0.3, 0.4) is 0 Å². The minimum absolute atomic E-state index is 0.114. The van der Waals surface area contributed by atoms with Crippen LogP contribution in [-0.2, 0) is 6.18 Å². The molecule has 0 saturated carbocycles. The molecule has 2 aromatic rings. The Morgan fingerprint density at radius 3 is 2.26 bits per heavy atom. The Bertz CT molecular complexity index is 617. The lowest BCUT2D eigenvalue weighted by Crippen LogP contribution is -2.13. The third kappa shape index (κ3) is 2.81. The fraction of sp³-hybridized carbons (Fsp3) is 0.0714. The Balaban J connectivity index is 2.51. The highest BCUT2D eigenvalue weighted by Crippen LogP contribution is 2.32. The maximum absolute atomic E-state index is 13.0. The molecule has 2 rings (SSSR count). The molecule has 2 aromatic carbocycles. The first-order chi connectivity index (χ1) is 8.89. The monoisotopic (exact) mass is 268 g/mol. The van der Waals surface area contributed by atoms with E-state index in [1.165, 1.54) is 24.3 Å². The second-order valence-electron chi connectivity index (χ2n) is 3.88. The van der Waals surface area contributed by atoms with Crippen molar-refractivity contribution >= 4 is 5.78 Å². The average Bonchev–Trinajstić information content (AvgIpc) is 2.37. The van der Waals surface area contributed by atoms with Gasteiger partial charge in [-0.05, 0) is 18.2 Å². The number of carbonyl (C=O) groups is 1. The van der Waals surface area contributed by atoms with Crippen LogP contribution in [0.5, 0.6) is 0 Å². The van der Waals surface area contributed by atoms with Crippen LogP contribution in [0.2, 0.25) is 0 Å². The molecule has 5 heteroatoms. The van der Waals surface area contributed by atoms with Gasteiger partial charge in [-0.15, -0.1) is 0 Å². The molecule has 0 aliphatic carbocycles. The predicted octanol–water partition coefficient (Wildman–Crippen LogP) is 4.08. The smallest absolute Gasteiger partial charge is 0.289 e. The summed E-state index contributed by atoms with van der Waals surface area (Å²) in [7, 11) is 0. The zero-order valence-electron chi connectivity index (χ0n) is 9.54. The van der Waals surface area contributed by atoms with Crippen molar-refractivity contribution in [1.82, 2.24) is 0 Å². The first kappa shape index (κ1) is 13.3. The van der Waals surface area contributed by atoms with E-state index in [1.807, 2.05) is 0 Å². The summed E-state index contributed by atoms with van der Waals surface area (Å²) in [6.07, 6.45) is -4.63. The second kappa shape index (κ2) is 4.84. The summed E-state index contributed by atoms with van der Waals surface area (Å²) in [5.41, 5.74) is -1.62. The van der Waals surface area contributed by atoms with Gasteiger partial charge in [0.05, 0.1) is 5.56 Å². The van der Waals surface area contributed by atoms with Crippen LogP contribution in [0.25, 0.3) is 0 Å². The molecular weight excluding hydrogens is 260 g/mol. The topological polar surface area (TPSA) is 17.1 Å². The maximum Gasteiger partial charge on any atom is 0.417 e. The van der Waals surface area contributed by atoms with Crippen LogP contribution in [0.1, 0.15) is 21.5 Å². The molecule has 0 N–H and O–H groups in total. The first-order valence-electron chi connectivity index (χ1n) is 5.36. The Kier molecular flexibility index (Phi) is 3.38. The number of carbonyl (C=O) groups excluding carboxylic acids is 1. The highest BCUT2D eigenvalue weighted by atomic mass is 19.4. The van der Waals surface area contributed by atoms with E-state index in [-0.39, 0.29) is 5.56 Å². The summed E-state index contributed by atoms with van der Waals surface area (Å²) in [6.45, 7) is 0. The van der Waals surface area contributed by atoms with Crippen LogP contribution in [0, 0.1) is 5.82 Å². The molecule has 0 atom stereocenters. The van der Waals surface area contributed by atoms with Gasteiger partial charge < -0.3 is 0 Å². The Morgan fingerprint density at radius 2 is 1.63 bits per heavy atom. The summed E-state index contributed by atoms with van der Waals surface area (Å²) >= 11 is 0. The van der Waals surface area contributed by atoms with Gasteiger partial charge in [-0.1, -0.05) is 30.3 Å². The highest BCUT2D eigenvalue weighted by molar-refractivity contribution is 6.10. The molecule has 98 valence electrons. The van der Waals surface area contributed by atoms with Gasteiger partial charge in [-0.3, -0.25) is 4.79 Å². The molecule has 0 radical (unpaired) electrons. The van der Waals surface area contributed by atoms with Gasteiger partial charge in [0.25, 0.3) is 0 Å². The number of halogens is 4. The summed E-state index contributed by atoms with van der Waals surface area (Å²) in [6, 6.07) is 9.02. The van der Waals surface area contributed by atoms with Gasteiger partial charge in [0.2, 0.25) is 0 Å². The zero-order chi connectivity index (χ0) is 14.0. The van der Waals surface area contributed by atoms with E-state index in [4.69, 9.17) is 0 Å². The van der Waals surface area contributed by atoms with E-state index >= 15 is 0 Å². The molecule has 19 heavy (non-hydrogen) atoms. The summed E-state index contributed by atoms with van der Waals surface area (Å²) in [4.78, 5) is 12.0. The van der Waals surface area contributed by atoms with Crippen molar-refractivity contribution in [2.75, 3.05) is 0 Å². The van der Waals surface area contributed by atoms with Crippen molar-refractivity contribution in [2.24, 2.45) is 0 Å². The molecular formula is C14H8F4O. The average molecular weight is 268 g/mol. The SMILES string of the molecule is O=C(c1cccc(F)c1)c1ccccc1C(F)(F)F. The first-order valence-corrected chi connectivity index (χ1v) is 5.36. The van der Waals surface area contributed by atoms with E-state index in [2.05, 4.69) is 0 Å². The van der Waals surface area contributed by atoms with Crippen molar-refractivity contribution in [3.63, 3.8) is 0 Å². The van der Waals surface area contributed by atoms with Gasteiger partial charge in [0, 0.05) is 11.1 Å². The lowest BCUT2D eigenvalue weighted by molar-refractivity contribution is -0.137. The summed E-state index contributed by atoms with van der Waals surface area (Å²) < 4.78 is 51.3. The number of rotatable bonds is 2. The Labute approximate surface area is 106 Å². The molecule has 0 aliphatic rings. The Hall–Kier alpha value is -2.17. The lowest BCUT2D eigenvalue weighted by Gasteiger charge is -2.11. The molecule has 0 spiro atoms. The minimum Gasteiger partial charge on any atom is -0.289 e. The fourth-order valence-corrected chi connectivity index (χ4v) is 1.71. The number of alkyl halides is 3. The van der Waals surface area contributed by atoms with Gasteiger partial charge in [-0.25, -0.2) is 4.39 Å². The summed E-state index contributed by atoms with van der Waals surface area (Å²) in [5.74, 6) is -1.53. The number of hydrogen-bond acceptors (Lipinski definition) is 1. The summed E-state index contributed by atoms with van der Waals surface area (Å²) in [5, 5.41) is 0. The van der Waals surface area contributed by atoms with Crippen LogP contribution in [0.15, 0.2) is 48.5 Å². The van der Waals surface area contributed by atoms with Crippen molar-refractivity contribution in [2.45, 2.75) is 6.18 Å². The minimum atomic E-state index is -4.63. The number of benzene rings is 2. The van der Waals surface area contributed by atoms with E-state index in [0.717, 1.165) is 24.3 Å². The predicted molar refractivity (Wildman–Crippen MR) is 61.3 cm³/mol. The lowest BCUT2D eigenvalue weighted by atomic mass is 9.98. The molecule has 0 bridgehead atoms. The van der Waals surface area contributed by atoms with Crippen molar-refractivity contribution in [1.29, 1.82) is 0 Å². The molecule has 0 unspecified atom stereocenters. The van der Waals surface area contributed by atoms with E-state index in [1.54, 1.807) is 0 Å². The van der Waals surface area contributed by atoms with E-state index in [0.29, 0.717) is 0 Å². The standard InChI is InChI=1S/C14H8F4O/c15-10-5-3-4-9(8-10)13(19)11-6-1-2-7-12(11)14(16,17)18/h1-8H. The second-order valence-corrected chi connectivity index (χ2v) is 3.88. The maximum atomic E-state index is 13.0. The molecule has 0 aromatic heterocycles. The Morgan fingerprint density at radius 1 is 0.947 bits per heavy atom. The van der Waals surface area contributed by atoms with Crippen molar-refractivity contribution in [3.8, 4) is 0 Å². The molecule has 0 amide bonds. The molecule has 0 aliphatic heterocycles. The van der Waals surface area contributed by atoms with Crippen LogP contribution in [-0.4, -0.2) is 5.78 Å². The molecule has 0 saturated heterocycles. The third-order valence-corrected chi connectivity index (χ3v) is 2.56. The van der Waals surface area contributed by atoms with E-state index in [9.17, 15) is 22.4 Å². The quantitative estimate of drug-likeness (QED) is 0.592. The van der Waals surface area contributed by atoms with E-state index < -0.39 is 28.9 Å². The fourth-order valence-electron chi connectivity index (χ4n) is 1.71. The van der Waals surface area contributed by atoms with Gasteiger partial charge >= 0.3 is 6.18 Å². The normalized spacial score (nSPS) is 11.4. The molecule has 0 fully saturated rings. The zero-order valence-corrected chi connectivity index (χ0v) is 9.54. The third-order valence-electron chi connectivity index (χ3n) is 2.56. The largest absolute Gasteiger partial charge is 0.417 e. The van der Waals surface area contributed by atoms with Crippen molar-refractivity contribution < 1.29 is 22.4 Å². The van der Waals surface area contributed by atoms with Gasteiger partial charge in [0.15, 0.2) is 5.78 Å². The highest BCUT2D eigenvalue weighted by Gasteiger charge is 2.34. The van der Waals surface area contributed by atoms with Crippen LogP contribution in [0.4, 0.5) is 17.6 Å².